The molecule has 3 nitrogen and oxygen atoms in total. The number of ketones is 1. The number of benzene rings is 1. The number of carboxylic acid groups (broad SMARTS) is 1. The van der Waals surface area contributed by atoms with Gasteiger partial charge in [-0.25, -0.2) is 4.39 Å². The number of aliphatic carboxylic acids is 1. The molecule has 0 unspecified atom stereocenters. The lowest BCUT2D eigenvalue weighted by atomic mass is 9.95. The van der Waals surface area contributed by atoms with Gasteiger partial charge in [0.15, 0.2) is 5.78 Å². The van der Waals surface area contributed by atoms with Gasteiger partial charge in [-0.2, -0.15) is 0 Å². The maximum absolute atomic E-state index is 13.0. The van der Waals surface area contributed by atoms with Crippen LogP contribution < -0.4 is 0 Å². The summed E-state index contributed by atoms with van der Waals surface area (Å²) < 4.78 is 13.0. The Bertz CT molecular complexity index is 440. The van der Waals surface area contributed by atoms with Crippen molar-refractivity contribution in [2.75, 3.05) is 0 Å². The minimum Gasteiger partial charge on any atom is -0.481 e. The smallest absolute Gasteiger partial charge is 0.303 e. The molecule has 0 aromatic heterocycles. The molecule has 1 aromatic carbocycles. The van der Waals surface area contributed by atoms with Gasteiger partial charge in [0.1, 0.15) is 5.82 Å². The molecule has 0 bridgehead atoms. The van der Waals surface area contributed by atoms with Crippen molar-refractivity contribution in [3.63, 3.8) is 0 Å². The van der Waals surface area contributed by atoms with Crippen LogP contribution in [-0.4, -0.2) is 16.9 Å². The van der Waals surface area contributed by atoms with Crippen LogP contribution in [0.15, 0.2) is 18.2 Å². The first-order chi connectivity index (χ1) is 7.90. The normalized spacial score (nSPS) is 12.2. The predicted octanol–water partition coefficient (Wildman–Crippen LogP) is 2.82. The summed E-state index contributed by atoms with van der Waals surface area (Å²) in [6.07, 6.45) is 0.0662. The first kappa shape index (κ1) is 13.4. The average molecular weight is 238 g/mol. The van der Waals surface area contributed by atoms with Gasteiger partial charge in [-0.15, -0.1) is 0 Å². The zero-order valence-corrected chi connectivity index (χ0v) is 9.87. The van der Waals surface area contributed by atoms with Crippen LogP contribution in [0, 0.1) is 18.7 Å². The highest BCUT2D eigenvalue weighted by Gasteiger charge is 2.16. The minimum atomic E-state index is -0.929. The van der Waals surface area contributed by atoms with Crippen LogP contribution in [-0.2, 0) is 4.79 Å². The van der Waals surface area contributed by atoms with Gasteiger partial charge in [0, 0.05) is 18.4 Å². The van der Waals surface area contributed by atoms with Gasteiger partial charge >= 0.3 is 5.97 Å². The van der Waals surface area contributed by atoms with Crippen molar-refractivity contribution < 1.29 is 19.1 Å². The Balaban J connectivity index is 2.76. The Morgan fingerprint density at radius 2 is 2.00 bits per heavy atom. The number of hydrogen-bond donors (Lipinski definition) is 1. The van der Waals surface area contributed by atoms with Crippen molar-refractivity contribution in [3.8, 4) is 0 Å². The summed E-state index contributed by atoms with van der Waals surface area (Å²) in [5, 5.41) is 8.59. The molecule has 0 saturated carbocycles. The molecule has 0 radical (unpaired) electrons. The molecule has 1 atom stereocenters. The van der Waals surface area contributed by atoms with Gasteiger partial charge in [0.05, 0.1) is 0 Å². The molecule has 1 N–H and O–H groups in total. The highest BCUT2D eigenvalue weighted by molar-refractivity contribution is 5.97. The molecule has 1 aromatic rings. The third-order valence-corrected chi connectivity index (χ3v) is 2.56. The van der Waals surface area contributed by atoms with Crippen LogP contribution in [0.4, 0.5) is 4.39 Å². The first-order valence-electron chi connectivity index (χ1n) is 5.41. The van der Waals surface area contributed by atoms with E-state index in [1.807, 2.05) is 0 Å². The molecule has 0 aliphatic heterocycles. The molecule has 0 saturated heterocycles. The van der Waals surface area contributed by atoms with Gasteiger partial charge in [0.25, 0.3) is 0 Å². The number of Topliss-reactive ketones (excluding diaryl/α,β-unsaturated/α-hetero) is 1. The first-order valence-corrected chi connectivity index (χ1v) is 5.41. The maximum Gasteiger partial charge on any atom is 0.303 e. The summed E-state index contributed by atoms with van der Waals surface area (Å²) in [6.45, 7) is 3.43. The van der Waals surface area contributed by atoms with E-state index in [1.165, 1.54) is 12.1 Å². The molecule has 17 heavy (non-hydrogen) atoms. The number of carbonyl (C=O) groups excluding carboxylic acids is 1. The van der Waals surface area contributed by atoms with E-state index < -0.39 is 11.8 Å². The van der Waals surface area contributed by atoms with Gasteiger partial charge in [-0.1, -0.05) is 13.0 Å². The number of carbonyl (C=O) groups is 2. The van der Waals surface area contributed by atoms with Crippen molar-refractivity contribution in [1.29, 1.82) is 0 Å². The standard InChI is InChI=1S/C13H15FO3/c1-8(6-13(16)17)5-12(15)11-7-10(14)4-3-9(11)2/h3-4,7-8H,5-6H2,1-2H3,(H,16,17)/t8-/m1/s1. The van der Waals surface area contributed by atoms with E-state index in [2.05, 4.69) is 0 Å². The minimum absolute atomic E-state index is 0.0555. The van der Waals surface area contributed by atoms with E-state index in [4.69, 9.17) is 5.11 Å². The third-order valence-electron chi connectivity index (χ3n) is 2.56. The van der Waals surface area contributed by atoms with Crippen molar-refractivity contribution in [2.45, 2.75) is 26.7 Å². The molecule has 0 aliphatic rings. The Kier molecular flexibility index (Phi) is 4.37. The third kappa shape index (κ3) is 3.98. The van der Waals surface area contributed by atoms with Gasteiger partial charge in [-0.05, 0) is 30.5 Å². The summed E-state index contributed by atoms with van der Waals surface area (Å²) in [5.41, 5.74) is 1.04. The lowest BCUT2D eigenvalue weighted by molar-refractivity contribution is -0.137. The number of halogens is 1. The van der Waals surface area contributed by atoms with Crippen LogP contribution in [0.1, 0.15) is 35.7 Å². The topological polar surface area (TPSA) is 54.4 Å². The van der Waals surface area contributed by atoms with E-state index in [0.717, 1.165) is 0 Å². The zero-order chi connectivity index (χ0) is 13.0. The molecular weight excluding hydrogens is 223 g/mol. The van der Waals surface area contributed by atoms with Crippen molar-refractivity contribution in [1.82, 2.24) is 0 Å². The van der Waals surface area contributed by atoms with Gasteiger partial charge in [0.2, 0.25) is 0 Å². The fraction of sp³-hybridized carbons (Fsp3) is 0.385. The second-order valence-corrected chi connectivity index (χ2v) is 4.29. The Labute approximate surface area is 99.3 Å². The van der Waals surface area contributed by atoms with E-state index in [9.17, 15) is 14.0 Å². The van der Waals surface area contributed by atoms with Crippen LogP contribution >= 0.6 is 0 Å². The number of rotatable bonds is 5. The predicted molar refractivity (Wildman–Crippen MR) is 61.5 cm³/mol. The monoisotopic (exact) mass is 238 g/mol. The summed E-state index contributed by atoms with van der Waals surface area (Å²) in [6, 6.07) is 4.04. The highest BCUT2D eigenvalue weighted by Crippen LogP contribution is 2.17. The number of hydrogen-bond acceptors (Lipinski definition) is 2. The lowest BCUT2D eigenvalue weighted by Gasteiger charge is -2.09. The Morgan fingerprint density at radius 3 is 2.59 bits per heavy atom. The fourth-order valence-electron chi connectivity index (χ4n) is 1.69. The zero-order valence-electron chi connectivity index (χ0n) is 9.87. The summed E-state index contributed by atoms with van der Waals surface area (Å²) in [7, 11) is 0. The van der Waals surface area contributed by atoms with E-state index >= 15 is 0 Å². The summed E-state index contributed by atoms with van der Waals surface area (Å²) >= 11 is 0. The maximum atomic E-state index is 13.0. The van der Waals surface area contributed by atoms with E-state index in [0.29, 0.717) is 11.1 Å². The quantitative estimate of drug-likeness (QED) is 0.802. The van der Waals surface area contributed by atoms with Gasteiger partial charge in [-0.3, -0.25) is 9.59 Å². The van der Waals surface area contributed by atoms with Crippen molar-refractivity contribution in [3.05, 3.63) is 35.1 Å². The fourth-order valence-corrected chi connectivity index (χ4v) is 1.69. The van der Waals surface area contributed by atoms with Crippen LogP contribution in [0.3, 0.4) is 0 Å². The number of aryl methyl sites for hydroxylation is 1. The Hall–Kier alpha value is -1.71. The molecule has 1 rings (SSSR count). The highest BCUT2D eigenvalue weighted by atomic mass is 19.1. The van der Waals surface area contributed by atoms with Crippen molar-refractivity contribution in [2.24, 2.45) is 5.92 Å². The molecule has 4 heteroatoms. The van der Waals surface area contributed by atoms with E-state index in [-0.39, 0.29) is 24.5 Å². The van der Waals surface area contributed by atoms with Crippen LogP contribution in [0.25, 0.3) is 0 Å². The second-order valence-electron chi connectivity index (χ2n) is 4.29. The molecule has 0 spiro atoms. The van der Waals surface area contributed by atoms with Crippen LogP contribution in [0.2, 0.25) is 0 Å². The SMILES string of the molecule is Cc1ccc(F)cc1C(=O)C[C@@H](C)CC(=O)O. The van der Waals surface area contributed by atoms with Gasteiger partial charge < -0.3 is 5.11 Å². The molecular formula is C13H15FO3. The molecule has 0 amide bonds. The van der Waals surface area contributed by atoms with Crippen LogP contribution in [0.5, 0.6) is 0 Å². The largest absolute Gasteiger partial charge is 0.481 e. The van der Waals surface area contributed by atoms with E-state index in [1.54, 1.807) is 19.9 Å². The molecule has 0 aliphatic carbocycles. The molecule has 92 valence electrons. The second kappa shape index (κ2) is 5.57. The summed E-state index contributed by atoms with van der Waals surface area (Å²) in [4.78, 5) is 22.3. The number of carboxylic acids is 1. The summed E-state index contributed by atoms with van der Waals surface area (Å²) in [5.74, 6) is -1.84. The average Bonchev–Trinajstić information content (AvgIpc) is 2.20. The molecule has 0 fully saturated rings. The van der Waals surface area contributed by atoms with Crippen molar-refractivity contribution >= 4 is 11.8 Å². The lowest BCUT2D eigenvalue weighted by Crippen LogP contribution is -2.11. The Morgan fingerprint density at radius 1 is 1.35 bits per heavy atom. The molecule has 0 heterocycles.